The van der Waals surface area contributed by atoms with Crippen molar-refractivity contribution in [1.29, 1.82) is 0 Å². The van der Waals surface area contributed by atoms with Crippen LogP contribution < -0.4 is 10.6 Å². The lowest BCUT2D eigenvalue weighted by Crippen LogP contribution is -2.15. The lowest BCUT2D eigenvalue weighted by Gasteiger charge is -2.08. The molecule has 0 atom stereocenters. The monoisotopic (exact) mass is 366 g/mol. The largest absolute Gasteiger partial charge is 0.348 e. The second-order valence-corrected chi connectivity index (χ2v) is 6.22. The zero-order chi connectivity index (χ0) is 18.4. The van der Waals surface area contributed by atoms with Crippen molar-refractivity contribution < 1.29 is 9.59 Å². The molecular weight excluding hydrogens is 348 g/mol. The molecule has 2 amide bonds. The van der Waals surface area contributed by atoms with Crippen LogP contribution in [0.4, 0.5) is 11.4 Å². The van der Waals surface area contributed by atoms with Gasteiger partial charge in [-0.05, 0) is 48.9 Å². The summed E-state index contributed by atoms with van der Waals surface area (Å²) < 4.78 is 0. The van der Waals surface area contributed by atoms with Crippen molar-refractivity contribution in [3.8, 4) is 0 Å². The molecule has 2 aromatic carbocycles. The number of aromatic amines is 1. The summed E-state index contributed by atoms with van der Waals surface area (Å²) >= 11 is 4.22. The highest BCUT2D eigenvalue weighted by Crippen LogP contribution is 2.16. The first kappa shape index (κ1) is 17.8. The zero-order valence-electron chi connectivity index (χ0n) is 13.9. The average molecular weight is 366 g/mol. The van der Waals surface area contributed by atoms with E-state index in [0.717, 1.165) is 10.6 Å². The van der Waals surface area contributed by atoms with E-state index in [9.17, 15) is 9.59 Å². The van der Waals surface area contributed by atoms with E-state index < -0.39 is 0 Å². The molecule has 132 valence electrons. The zero-order valence-corrected chi connectivity index (χ0v) is 14.8. The van der Waals surface area contributed by atoms with Crippen LogP contribution in [0.5, 0.6) is 0 Å². The Morgan fingerprint density at radius 3 is 2.58 bits per heavy atom. The van der Waals surface area contributed by atoms with Crippen molar-refractivity contribution >= 4 is 35.8 Å². The summed E-state index contributed by atoms with van der Waals surface area (Å²) in [5.74, 6) is -0.369. The standard InChI is InChI=1S/C19H18N4O2S/c24-18(9-6-16-11-20-12-21-16)22-15-3-1-2-13(10-15)19(25)23-14-4-7-17(26)8-5-14/h1-5,7-8,10-12,26H,6,9H2,(H,20,21)(H,22,24)(H,23,25). The average Bonchev–Trinajstić information content (AvgIpc) is 3.16. The number of aromatic nitrogens is 2. The molecule has 3 aromatic rings. The number of aryl methyl sites for hydroxylation is 1. The highest BCUT2D eigenvalue weighted by Gasteiger charge is 2.09. The number of hydrogen-bond donors (Lipinski definition) is 4. The second kappa shape index (κ2) is 8.35. The second-order valence-electron chi connectivity index (χ2n) is 5.71. The number of thiol groups is 1. The van der Waals surface area contributed by atoms with Crippen LogP contribution in [0.25, 0.3) is 0 Å². The Morgan fingerprint density at radius 2 is 1.85 bits per heavy atom. The Labute approximate surface area is 156 Å². The fourth-order valence-corrected chi connectivity index (χ4v) is 2.53. The van der Waals surface area contributed by atoms with E-state index in [4.69, 9.17) is 0 Å². The van der Waals surface area contributed by atoms with E-state index in [1.54, 1.807) is 61.1 Å². The number of benzene rings is 2. The predicted molar refractivity (Wildman–Crippen MR) is 104 cm³/mol. The molecule has 1 heterocycles. The van der Waals surface area contributed by atoms with Crippen molar-refractivity contribution in [2.75, 3.05) is 10.6 Å². The SMILES string of the molecule is O=C(CCc1cnc[nH]1)Nc1cccc(C(=O)Nc2ccc(S)cc2)c1. The minimum absolute atomic E-state index is 0.124. The van der Waals surface area contributed by atoms with Crippen LogP contribution in [-0.4, -0.2) is 21.8 Å². The Balaban J connectivity index is 1.59. The van der Waals surface area contributed by atoms with Gasteiger partial charge in [0.05, 0.1) is 6.33 Å². The van der Waals surface area contributed by atoms with Crippen LogP contribution in [-0.2, 0) is 11.2 Å². The molecule has 0 saturated heterocycles. The van der Waals surface area contributed by atoms with E-state index in [0.29, 0.717) is 29.8 Å². The molecule has 0 aliphatic carbocycles. The molecule has 0 saturated carbocycles. The lowest BCUT2D eigenvalue weighted by molar-refractivity contribution is -0.116. The van der Waals surface area contributed by atoms with Crippen molar-refractivity contribution in [3.63, 3.8) is 0 Å². The van der Waals surface area contributed by atoms with Gasteiger partial charge < -0.3 is 15.6 Å². The van der Waals surface area contributed by atoms with E-state index in [2.05, 4.69) is 33.2 Å². The maximum atomic E-state index is 12.4. The minimum atomic E-state index is -0.245. The predicted octanol–water partition coefficient (Wildman–Crippen LogP) is 3.52. The summed E-state index contributed by atoms with van der Waals surface area (Å²) in [4.78, 5) is 32.1. The number of rotatable bonds is 6. The molecule has 0 spiro atoms. The van der Waals surface area contributed by atoms with E-state index in [1.807, 2.05) is 0 Å². The first-order valence-electron chi connectivity index (χ1n) is 8.08. The molecule has 3 N–H and O–H groups in total. The topological polar surface area (TPSA) is 86.9 Å². The van der Waals surface area contributed by atoms with Gasteiger partial charge in [0.15, 0.2) is 0 Å². The third-order valence-corrected chi connectivity index (χ3v) is 4.01. The van der Waals surface area contributed by atoms with Gasteiger partial charge in [-0.25, -0.2) is 4.98 Å². The molecule has 6 nitrogen and oxygen atoms in total. The molecule has 3 rings (SSSR count). The van der Waals surface area contributed by atoms with E-state index in [-0.39, 0.29) is 11.8 Å². The number of H-pyrrole nitrogens is 1. The Morgan fingerprint density at radius 1 is 1.04 bits per heavy atom. The molecule has 0 radical (unpaired) electrons. The van der Waals surface area contributed by atoms with E-state index in [1.165, 1.54) is 0 Å². The maximum absolute atomic E-state index is 12.4. The number of anilines is 2. The molecule has 1 aromatic heterocycles. The van der Waals surface area contributed by atoms with Crippen molar-refractivity contribution in [2.45, 2.75) is 17.7 Å². The van der Waals surface area contributed by atoms with Crippen molar-refractivity contribution in [2.24, 2.45) is 0 Å². The highest BCUT2D eigenvalue weighted by molar-refractivity contribution is 7.80. The molecule has 26 heavy (non-hydrogen) atoms. The summed E-state index contributed by atoms with van der Waals surface area (Å²) in [7, 11) is 0. The summed E-state index contributed by atoms with van der Waals surface area (Å²) in [5, 5.41) is 5.62. The molecule has 0 unspecified atom stereocenters. The lowest BCUT2D eigenvalue weighted by atomic mass is 10.1. The summed E-state index contributed by atoms with van der Waals surface area (Å²) in [6, 6.07) is 14.0. The van der Waals surface area contributed by atoms with Gasteiger partial charge in [0, 0.05) is 40.1 Å². The van der Waals surface area contributed by atoms with Crippen LogP contribution in [0, 0.1) is 0 Å². The van der Waals surface area contributed by atoms with Gasteiger partial charge in [-0.3, -0.25) is 9.59 Å². The summed E-state index contributed by atoms with van der Waals surface area (Å²) in [6.07, 6.45) is 4.18. The van der Waals surface area contributed by atoms with Crippen LogP contribution in [0.2, 0.25) is 0 Å². The third-order valence-electron chi connectivity index (χ3n) is 3.71. The Bertz CT molecular complexity index is 892. The van der Waals surface area contributed by atoms with Gasteiger partial charge in [0.25, 0.3) is 5.91 Å². The highest BCUT2D eigenvalue weighted by atomic mass is 32.1. The number of imidazole rings is 1. The molecule has 0 aliphatic rings. The number of nitrogens with zero attached hydrogens (tertiary/aromatic N) is 1. The molecule has 0 fully saturated rings. The summed E-state index contributed by atoms with van der Waals surface area (Å²) in [6.45, 7) is 0. The fraction of sp³-hybridized carbons (Fsp3) is 0.105. The van der Waals surface area contributed by atoms with Gasteiger partial charge in [-0.1, -0.05) is 6.07 Å². The van der Waals surface area contributed by atoms with Crippen LogP contribution in [0.15, 0.2) is 66.0 Å². The van der Waals surface area contributed by atoms with E-state index >= 15 is 0 Å². The maximum Gasteiger partial charge on any atom is 0.255 e. The quantitative estimate of drug-likeness (QED) is 0.504. The minimum Gasteiger partial charge on any atom is -0.348 e. The van der Waals surface area contributed by atoms with Crippen molar-refractivity contribution in [1.82, 2.24) is 9.97 Å². The van der Waals surface area contributed by atoms with Gasteiger partial charge in [0.1, 0.15) is 0 Å². The molecule has 0 aliphatic heterocycles. The molecule has 0 bridgehead atoms. The normalized spacial score (nSPS) is 10.3. The smallest absolute Gasteiger partial charge is 0.255 e. The van der Waals surface area contributed by atoms with Crippen LogP contribution >= 0.6 is 12.6 Å². The number of hydrogen-bond acceptors (Lipinski definition) is 4. The molecule has 7 heteroatoms. The van der Waals surface area contributed by atoms with Crippen LogP contribution in [0.1, 0.15) is 22.5 Å². The first-order chi connectivity index (χ1) is 12.6. The first-order valence-corrected chi connectivity index (χ1v) is 8.52. The van der Waals surface area contributed by atoms with Gasteiger partial charge in [-0.15, -0.1) is 12.6 Å². The fourth-order valence-electron chi connectivity index (χ4n) is 2.38. The number of carbonyl (C=O) groups excluding carboxylic acids is 2. The summed E-state index contributed by atoms with van der Waals surface area (Å²) in [5.41, 5.74) is 2.63. The van der Waals surface area contributed by atoms with Gasteiger partial charge in [-0.2, -0.15) is 0 Å². The van der Waals surface area contributed by atoms with Crippen molar-refractivity contribution in [3.05, 3.63) is 72.3 Å². The molecular formula is C19H18N4O2S. The number of nitrogens with one attached hydrogen (secondary N) is 3. The number of carbonyl (C=O) groups is 2. The van der Waals surface area contributed by atoms with Gasteiger partial charge >= 0.3 is 0 Å². The Kier molecular flexibility index (Phi) is 5.70. The Hall–Kier alpha value is -3.06. The number of amides is 2. The van der Waals surface area contributed by atoms with Crippen LogP contribution in [0.3, 0.4) is 0 Å². The van der Waals surface area contributed by atoms with Gasteiger partial charge in [0.2, 0.25) is 5.91 Å². The third kappa shape index (κ3) is 4.97.